The summed E-state index contributed by atoms with van der Waals surface area (Å²) in [6.45, 7) is 3.01. The highest BCUT2D eigenvalue weighted by molar-refractivity contribution is 5.98. The Kier molecular flexibility index (Phi) is 3.81. The minimum Gasteiger partial charge on any atom is -0.354 e. The predicted octanol–water partition coefficient (Wildman–Crippen LogP) is 3.05. The van der Waals surface area contributed by atoms with Crippen molar-refractivity contribution in [1.29, 1.82) is 5.26 Å². The highest BCUT2D eigenvalue weighted by Crippen LogP contribution is 2.48. The number of carbonyl (C=O) groups excluding carboxylic acids is 1. The average Bonchev–Trinajstić information content (AvgIpc) is 3.22. The molecule has 1 amide bonds. The van der Waals surface area contributed by atoms with Crippen molar-refractivity contribution in [3.05, 3.63) is 54.1 Å². The van der Waals surface area contributed by atoms with Gasteiger partial charge >= 0.3 is 0 Å². The van der Waals surface area contributed by atoms with E-state index in [4.69, 9.17) is 5.26 Å². The number of H-pyrrole nitrogens is 2. The van der Waals surface area contributed by atoms with Gasteiger partial charge in [-0.2, -0.15) is 5.26 Å². The molecule has 154 valence electrons. The van der Waals surface area contributed by atoms with Gasteiger partial charge in [0.2, 0.25) is 0 Å². The van der Waals surface area contributed by atoms with E-state index in [0.29, 0.717) is 17.8 Å². The van der Waals surface area contributed by atoms with E-state index in [1.54, 1.807) is 12.4 Å². The third-order valence-corrected chi connectivity index (χ3v) is 6.55. The maximum atomic E-state index is 13.4. The molecule has 2 N–H and O–H groups in total. The van der Waals surface area contributed by atoms with Crippen LogP contribution in [0.25, 0.3) is 21.9 Å². The Hall–Kier alpha value is -3.86. The molecule has 1 aliphatic heterocycles. The van der Waals surface area contributed by atoms with Crippen LogP contribution in [0.1, 0.15) is 28.9 Å². The lowest BCUT2D eigenvalue weighted by Crippen LogP contribution is -2.36. The highest BCUT2D eigenvalue weighted by Gasteiger charge is 2.48. The van der Waals surface area contributed by atoms with E-state index < -0.39 is 0 Å². The van der Waals surface area contributed by atoms with Crippen LogP contribution in [-0.2, 0) is 0 Å². The van der Waals surface area contributed by atoms with Crippen LogP contribution in [0, 0.1) is 16.7 Å². The highest BCUT2D eigenvalue weighted by atomic mass is 16.2. The van der Waals surface area contributed by atoms with Crippen molar-refractivity contribution in [3.63, 3.8) is 0 Å². The monoisotopic (exact) mass is 411 g/mol. The van der Waals surface area contributed by atoms with E-state index in [1.165, 1.54) is 0 Å². The largest absolute Gasteiger partial charge is 0.354 e. The van der Waals surface area contributed by atoms with E-state index >= 15 is 0 Å². The molecule has 3 aromatic heterocycles. The first-order chi connectivity index (χ1) is 15.1. The summed E-state index contributed by atoms with van der Waals surface area (Å²) in [4.78, 5) is 32.9. The van der Waals surface area contributed by atoms with Crippen LogP contribution in [0.4, 0.5) is 5.82 Å². The summed E-state index contributed by atoms with van der Waals surface area (Å²) in [5.41, 5.74) is 3.00. The van der Waals surface area contributed by atoms with Crippen LogP contribution in [0.15, 0.2) is 42.9 Å². The minimum absolute atomic E-state index is 0.0114. The van der Waals surface area contributed by atoms with Crippen molar-refractivity contribution in [1.82, 2.24) is 24.8 Å². The van der Waals surface area contributed by atoms with Gasteiger partial charge in [0.05, 0.1) is 17.0 Å². The zero-order valence-corrected chi connectivity index (χ0v) is 16.9. The van der Waals surface area contributed by atoms with Crippen LogP contribution < -0.4 is 4.90 Å². The number of hydrogen-bond acceptors (Lipinski definition) is 5. The zero-order valence-electron chi connectivity index (χ0n) is 16.9. The second-order valence-electron chi connectivity index (χ2n) is 8.68. The lowest BCUT2D eigenvalue weighted by molar-refractivity contribution is 0.0736. The summed E-state index contributed by atoms with van der Waals surface area (Å²) in [5, 5.41) is 11.0. The molecule has 4 heterocycles. The number of benzene rings is 1. The molecule has 8 nitrogen and oxygen atoms in total. The first-order valence-electron chi connectivity index (χ1n) is 10.5. The van der Waals surface area contributed by atoms with E-state index in [9.17, 15) is 4.79 Å². The van der Waals surface area contributed by atoms with Gasteiger partial charge in [-0.3, -0.25) is 4.79 Å². The van der Waals surface area contributed by atoms with Gasteiger partial charge in [-0.25, -0.2) is 9.97 Å². The van der Waals surface area contributed by atoms with Crippen molar-refractivity contribution >= 4 is 33.7 Å². The smallest absolute Gasteiger partial charge is 0.270 e. The number of aromatic amines is 2. The molecule has 2 fully saturated rings. The quantitative estimate of drug-likeness (QED) is 0.527. The Balaban J connectivity index is 1.29. The van der Waals surface area contributed by atoms with Crippen molar-refractivity contribution in [2.24, 2.45) is 5.41 Å². The SMILES string of the molecule is N#Cc1ccc2[nH]c(C(=O)N3CCN(c4ncnc5[nH]ccc45)CC4(CC4)C3)cc2c1. The average molecular weight is 411 g/mol. The molecule has 0 atom stereocenters. The molecule has 8 heteroatoms. The molecule has 1 spiro atoms. The molecule has 1 saturated carbocycles. The van der Waals surface area contributed by atoms with Crippen LogP contribution >= 0.6 is 0 Å². The normalized spacial score (nSPS) is 17.8. The maximum absolute atomic E-state index is 13.4. The van der Waals surface area contributed by atoms with Gasteiger partial charge in [-0.1, -0.05) is 0 Å². The summed E-state index contributed by atoms with van der Waals surface area (Å²) >= 11 is 0. The maximum Gasteiger partial charge on any atom is 0.270 e. The molecule has 4 aromatic rings. The van der Waals surface area contributed by atoms with Gasteiger partial charge in [0, 0.05) is 48.7 Å². The molecular weight excluding hydrogens is 390 g/mol. The molecule has 0 unspecified atom stereocenters. The number of fused-ring (bicyclic) bond motifs is 2. The Morgan fingerprint density at radius 1 is 1.13 bits per heavy atom. The Bertz CT molecular complexity index is 1360. The van der Waals surface area contributed by atoms with Crippen LogP contribution in [0.2, 0.25) is 0 Å². The third-order valence-electron chi connectivity index (χ3n) is 6.55. The predicted molar refractivity (Wildman–Crippen MR) is 117 cm³/mol. The van der Waals surface area contributed by atoms with Gasteiger partial charge in [-0.15, -0.1) is 0 Å². The Morgan fingerprint density at radius 3 is 2.87 bits per heavy atom. The van der Waals surface area contributed by atoms with Crippen LogP contribution in [-0.4, -0.2) is 56.9 Å². The van der Waals surface area contributed by atoms with Crippen molar-refractivity contribution in [2.45, 2.75) is 12.8 Å². The van der Waals surface area contributed by atoms with E-state index in [1.807, 2.05) is 35.4 Å². The topological polar surface area (TPSA) is 105 Å². The van der Waals surface area contributed by atoms with E-state index in [-0.39, 0.29) is 11.3 Å². The summed E-state index contributed by atoms with van der Waals surface area (Å²) in [6, 6.07) is 11.5. The number of anilines is 1. The fraction of sp³-hybridized carbons (Fsp3) is 0.304. The van der Waals surface area contributed by atoms with Crippen LogP contribution in [0.3, 0.4) is 0 Å². The second kappa shape index (κ2) is 6.57. The molecule has 1 aromatic carbocycles. The fourth-order valence-corrected chi connectivity index (χ4v) is 4.70. The Labute approximate surface area is 178 Å². The number of rotatable bonds is 2. The molecule has 1 saturated heterocycles. The van der Waals surface area contributed by atoms with Gasteiger partial charge in [0.1, 0.15) is 23.5 Å². The van der Waals surface area contributed by atoms with Crippen LogP contribution in [0.5, 0.6) is 0 Å². The summed E-state index contributed by atoms with van der Waals surface area (Å²) in [7, 11) is 0. The number of nitriles is 1. The molecule has 31 heavy (non-hydrogen) atoms. The number of nitrogens with zero attached hydrogens (tertiary/aromatic N) is 5. The van der Waals surface area contributed by atoms with Crippen molar-refractivity contribution in [2.75, 3.05) is 31.1 Å². The van der Waals surface area contributed by atoms with E-state index in [0.717, 1.165) is 60.2 Å². The number of hydrogen-bond donors (Lipinski definition) is 2. The Morgan fingerprint density at radius 2 is 2.03 bits per heavy atom. The van der Waals surface area contributed by atoms with Gasteiger partial charge in [0.25, 0.3) is 5.91 Å². The summed E-state index contributed by atoms with van der Waals surface area (Å²) < 4.78 is 0. The van der Waals surface area contributed by atoms with Gasteiger partial charge in [0.15, 0.2) is 0 Å². The number of carbonyl (C=O) groups is 1. The zero-order chi connectivity index (χ0) is 21.0. The van der Waals surface area contributed by atoms with E-state index in [2.05, 4.69) is 30.9 Å². The molecular formula is C23H21N7O. The second-order valence-corrected chi connectivity index (χ2v) is 8.68. The first kappa shape index (κ1) is 18.0. The molecule has 1 aliphatic carbocycles. The summed E-state index contributed by atoms with van der Waals surface area (Å²) in [5.74, 6) is 0.943. The van der Waals surface area contributed by atoms with Gasteiger partial charge < -0.3 is 19.8 Å². The van der Waals surface area contributed by atoms with Crippen molar-refractivity contribution in [3.8, 4) is 6.07 Å². The van der Waals surface area contributed by atoms with Crippen molar-refractivity contribution < 1.29 is 4.79 Å². The minimum atomic E-state index is 0.0114. The third kappa shape index (κ3) is 3.01. The molecule has 0 radical (unpaired) electrons. The lowest BCUT2D eigenvalue weighted by atomic mass is 10.1. The number of nitrogens with one attached hydrogen (secondary N) is 2. The molecule has 2 aliphatic rings. The molecule has 6 rings (SSSR count). The first-order valence-corrected chi connectivity index (χ1v) is 10.5. The fourth-order valence-electron chi connectivity index (χ4n) is 4.70. The lowest BCUT2D eigenvalue weighted by Gasteiger charge is -2.25. The van der Waals surface area contributed by atoms with Gasteiger partial charge in [-0.05, 0) is 43.2 Å². The number of aromatic nitrogens is 4. The number of amides is 1. The summed E-state index contributed by atoms with van der Waals surface area (Å²) in [6.07, 6.45) is 5.72. The standard InChI is InChI=1S/C23H21N7O/c24-11-15-1-2-18-16(9-15)10-19(28-18)22(31)30-8-7-29(12-23(13-30)4-5-23)21-17-3-6-25-20(17)26-14-27-21/h1-3,6,9-10,14,28H,4-5,7-8,12-13H2,(H,25,26,27). The molecule has 0 bridgehead atoms.